The van der Waals surface area contributed by atoms with E-state index in [1.54, 1.807) is 0 Å². The number of hydrogen-bond donors (Lipinski definition) is 1. The number of nitrogens with zero attached hydrogens (tertiary/aromatic N) is 1. The van der Waals surface area contributed by atoms with Crippen molar-refractivity contribution in [1.82, 2.24) is 4.98 Å². The first kappa shape index (κ1) is 17.0. The summed E-state index contributed by atoms with van der Waals surface area (Å²) in [5.74, 6) is -0.129. The fourth-order valence-electron chi connectivity index (χ4n) is 3.37. The molecule has 1 heterocycles. The minimum Gasteiger partial charge on any atom is -0.322 e. The Kier molecular flexibility index (Phi) is 4.43. The highest BCUT2D eigenvalue weighted by Gasteiger charge is 2.14. The van der Waals surface area contributed by atoms with Crippen LogP contribution in [0.1, 0.15) is 21.5 Å². The molecule has 3 nitrogen and oxygen atoms in total. The Hall–Kier alpha value is -3.46. The molecule has 4 aromatic rings. The molecule has 3 heteroatoms. The van der Waals surface area contributed by atoms with Crippen LogP contribution < -0.4 is 5.32 Å². The summed E-state index contributed by atoms with van der Waals surface area (Å²) in [6.45, 7) is 4.05. The van der Waals surface area contributed by atoms with Gasteiger partial charge in [-0.05, 0) is 49.2 Å². The highest BCUT2D eigenvalue weighted by Crippen LogP contribution is 2.26. The lowest BCUT2D eigenvalue weighted by molar-refractivity contribution is 0.102. The van der Waals surface area contributed by atoms with Crippen LogP contribution in [0.25, 0.3) is 22.2 Å². The number of hydrogen-bond acceptors (Lipinski definition) is 2. The lowest BCUT2D eigenvalue weighted by Gasteiger charge is -2.11. The van der Waals surface area contributed by atoms with Gasteiger partial charge in [-0.15, -0.1) is 0 Å². The van der Waals surface area contributed by atoms with Gasteiger partial charge in [-0.25, -0.2) is 4.98 Å². The van der Waals surface area contributed by atoms with Crippen LogP contribution in [-0.4, -0.2) is 10.9 Å². The largest absolute Gasteiger partial charge is 0.322 e. The molecule has 0 saturated carbocycles. The molecule has 0 spiro atoms. The van der Waals surface area contributed by atoms with Crippen molar-refractivity contribution in [3.8, 4) is 11.3 Å². The normalized spacial score (nSPS) is 10.7. The molecule has 4 rings (SSSR count). The summed E-state index contributed by atoms with van der Waals surface area (Å²) >= 11 is 0. The lowest BCUT2D eigenvalue weighted by atomic mass is 10.0. The van der Waals surface area contributed by atoms with Crippen molar-refractivity contribution >= 4 is 22.5 Å². The molecule has 0 unspecified atom stereocenters. The van der Waals surface area contributed by atoms with Crippen molar-refractivity contribution in [3.05, 3.63) is 95.6 Å². The molecule has 0 bridgehead atoms. The standard InChI is InChI=1S/C24H20N2O/c1-16-12-17(2)14-19(13-16)25-24(27)21-15-23(18-8-4-3-5-9-18)26-22-11-7-6-10-20(21)22/h3-15H,1-2H3,(H,25,27). The van der Waals surface area contributed by atoms with E-state index in [1.165, 1.54) is 0 Å². The second-order valence-corrected chi connectivity index (χ2v) is 6.77. The summed E-state index contributed by atoms with van der Waals surface area (Å²) in [6, 6.07) is 25.6. The Morgan fingerprint density at radius 1 is 0.815 bits per heavy atom. The lowest BCUT2D eigenvalue weighted by Crippen LogP contribution is -2.13. The number of benzene rings is 3. The van der Waals surface area contributed by atoms with Gasteiger partial charge in [0, 0.05) is 16.6 Å². The van der Waals surface area contributed by atoms with Crippen molar-refractivity contribution in [3.63, 3.8) is 0 Å². The highest BCUT2D eigenvalue weighted by atomic mass is 16.1. The third-order valence-electron chi connectivity index (χ3n) is 4.51. The van der Waals surface area contributed by atoms with Crippen LogP contribution >= 0.6 is 0 Å². The fourth-order valence-corrected chi connectivity index (χ4v) is 3.37. The summed E-state index contributed by atoms with van der Waals surface area (Å²) in [5, 5.41) is 3.89. The van der Waals surface area contributed by atoms with Crippen molar-refractivity contribution in [2.24, 2.45) is 0 Å². The highest BCUT2D eigenvalue weighted by molar-refractivity contribution is 6.13. The predicted molar refractivity (Wildman–Crippen MR) is 111 cm³/mol. The number of nitrogens with one attached hydrogen (secondary N) is 1. The van der Waals surface area contributed by atoms with Gasteiger partial charge in [0.25, 0.3) is 5.91 Å². The molecule has 1 N–H and O–H groups in total. The zero-order valence-electron chi connectivity index (χ0n) is 15.4. The molecule has 1 aromatic heterocycles. The number of rotatable bonds is 3. The summed E-state index contributed by atoms with van der Waals surface area (Å²) in [7, 11) is 0. The third kappa shape index (κ3) is 3.58. The number of aryl methyl sites for hydroxylation is 2. The average Bonchev–Trinajstić information content (AvgIpc) is 2.67. The van der Waals surface area contributed by atoms with Crippen LogP contribution in [0.3, 0.4) is 0 Å². The van der Waals surface area contributed by atoms with Crippen molar-refractivity contribution in [2.45, 2.75) is 13.8 Å². The van der Waals surface area contributed by atoms with Gasteiger partial charge >= 0.3 is 0 Å². The topological polar surface area (TPSA) is 42.0 Å². The van der Waals surface area contributed by atoms with Crippen molar-refractivity contribution in [2.75, 3.05) is 5.32 Å². The van der Waals surface area contributed by atoms with Gasteiger partial charge in [-0.2, -0.15) is 0 Å². The SMILES string of the molecule is Cc1cc(C)cc(NC(=O)c2cc(-c3ccccc3)nc3ccccc23)c1. The second kappa shape index (κ2) is 7.04. The number of amides is 1. The smallest absolute Gasteiger partial charge is 0.256 e. The van der Waals surface area contributed by atoms with Gasteiger partial charge in [0.15, 0.2) is 0 Å². The molecule has 132 valence electrons. The second-order valence-electron chi connectivity index (χ2n) is 6.77. The minimum atomic E-state index is -0.129. The Labute approximate surface area is 158 Å². The Balaban J connectivity index is 1.81. The van der Waals surface area contributed by atoms with Crippen LogP contribution in [-0.2, 0) is 0 Å². The molecule has 0 fully saturated rings. The quantitative estimate of drug-likeness (QED) is 0.508. The van der Waals surface area contributed by atoms with E-state index in [-0.39, 0.29) is 5.91 Å². The van der Waals surface area contributed by atoms with Gasteiger partial charge < -0.3 is 5.32 Å². The number of para-hydroxylation sites is 1. The van der Waals surface area contributed by atoms with Crippen LogP contribution in [0.2, 0.25) is 0 Å². The van der Waals surface area contributed by atoms with Crippen LogP contribution in [0, 0.1) is 13.8 Å². The number of carbonyl (C=O) groups is 1. The molecule has 0 radical (unpaired) electrons. The van der Waals surface area contributed by atoms with Gasteiger partial charge in [0.05, 0.1) is 16.8 Å². The summed E-state index contributed by atoms with van der Waals surface area (Å²) < 4.78 is 0. The van der Waals surface area contributed by atoms with Crippen molar-refractivity contribution < 1.29 is 4.79 Å². The van der Waals surface area contributed by atoms with E-state index in [9.17, 15) is 4.79 Å². The van der Waals surface area contributed by atoms with E-state index in [4.69, 9.17) is 4.98 Å². The summed E-state index contributed by atoms with van der Waals surface area (Å²) in [5.41, 5.74) is 6.26. The molecule has 0 saturated heterocycles. The molecule has 0 atom stereocenters. The Morgan fingerprint density at radius 3 is 2.22 bits per heavy atom. The molecule has 0 aliphatic rings. The van der Waals surface area contributed by atoms with Crippen molar-refractivity contribution in [1.29, 1.82) is 0 Å². The first-order valence-corrected chi connectivity index (χ1v) is 8.95. The summed E-state index contributed by atoms with van der Waals surface area (Å²) in [4.78, 5) is 17.8. The molecule has 0 aliphatic heterocycles. The van der Waals surface area contributed by atoms with E-state index >= 15 is 0 Å². The zero-order chi connectivity index (χ0) is 18.8. The third-order valence-corrected chi connectivity index (χ3v) is 4.51. The number of pyridine rings is 1. The molecule has 27 heavy (non-hydrogen) atoms. The van der Waals surface area contributed by atoms with E-state index in [0.29, 0.717) is 5.56 Å². The van der Waals surface area contributed by atoms with Gasteiger partial charge in [-0.3, -0.25) is 4.79 Å². The van der Waals surface area contributed by atoms with Crippen LogP contribution in [0.15, 0.2) is 78.9 Å². The Morgan fingerprint density at radius 2 is 1.48 bits per heavy atom. The van der Waals surface area contributed by atoms with E-state index in [1.807, 2.05) is 86.6 Å². The molecular weight excluding hydrogens is 332 g/mol. The maximum absolute atomic E-state index is 13.1. The van der Waals surface area contributed by atoms with Gasteiger partial charge in [0.1, 0.15) is 0 Å². The number of fused-ring (bicyclic) bond motifs is 1. The monoisotopic (exact) mass is 352 g/mol. The Bertz CT molecular complexity index is 1110. The van der Waals surface area contributed by atoms with Crippen LogP contribution in [0.4, 0.5) is 5.69 Å². The van der Waals surface area contributed by atoms with E-state index in [0.717, 1.165) is 39.0 Å². The van der Waals surface area contributed by atoms with E-state index in [2.05, 4.69) is 11.4 Å². The zero-order valence-corrected chi connectivity index (χ0v) is 15.4. The summed E-state index contributed by atoms with van der Waals surface area (Å²) in [6.07, 6.45) is 0. The number of anilines is 1. The molecule has 1 amide bonds. The maximum atomic E-state index is 13.1. The predicted octanol–water partition coefficient (Wildman–Crippen LogP) is 5.77. The maximum Gasteiger partial charge on any atom is 0.256 e. The first-order chi connectivity index (χ1) is 13.1. The van der Waals surface area contributed by atoms with Gasteiger partial charge in [-0.1, -0.05) is 54.6 Å². The molecule has 3 aromatic carbocycles. The average molecular weight is 352 g/mol. The molecule has 0 aliphatic carbocycles. The fraction of sp³-hybridized carbons (Fsp3) is 0.0833. The number of aromatic nitrogens is 1. The van der Waals surface area contributed by atoms with Gasteiger partial charge in [0.2, 0.25) is 0 Å². The number of carbonyl (C=O) groups excluding carboxylic acids is 1. The first-order valence-electron chi connectivity index (χ1n) is 8.95. The minimum absolute atomic E-state index is 0.129. The van der Waals surface area contributed by atoms with Crippen LogP contribution in [0.5, 0.6) is 0 Å². The van der Waals surface area contributed by atoms with E-state index < -0.39 is 0 Å². The molecular formula is C24H20N2O.